The van der Waals surface area contributed by atoms with E-state index in [4.69, 9.17) is 0 Å². The normalized spacial score (nSPS) is 27.1. The molecule has 1 heteroatoms. The number of hydrogen-bond acceptors (Lipinski definition) is 1. The second-order valence-corrected chi connectivity index (χ2v) is 2.70. The summed E-state index contributed by atoms with van der Waals surface area (Å²) in [5.41, 5.74) is 4.01. The van der Waals surface area contributed by atoms with Crippen LogP contribution in [-0.2, 0) is 0 Å². The van der Waals surface area contributed by atoms with Crippen LogP contribution < -0.4 is 0 Å². The lowest BCUT2D eigenvalue weighted by atomic mass is 10.1. The molecule has 0 saturated carbocycles. The first-order valence-electron chi connectivity index (χ1n) is 3.35. The lowest BCUT2D eigenvalue weighted by Crippen LogP contribution is -1.93. The van der Waals surface area contributed by atoms with Crippen LogP contribution in [0.3, 0.4) is 0 Å². The predicted molar refractivity (Wildman–Crippen MR) is 40.9 cm³/mol. The highest BCUT2D eigenvalue weighted by atomic mass is 14.8. The van der Waals surface area contributed by atoms with Gasteiger partial charge >= 0.3 is 0 Å². The molecule has 1 aliphatic heterocycles. The smallest absolute Gasteiger partial charge is 0.0687 e. The highest BCUT2D eigenvalue weighted by Crippen LogP contribution is 2.19. The van der Waals surface area contributed by atoms with Gasteiger partial charge in [-0.1, -0.05) is 0 Å². The highest BCUT2D eigenvalue weighted by Gasteiger charge is 2.14. The van der Waals surface area contributed by atoms with Crippen molar-refractivity contribution in [2.24, 2.45) is 4.99 Å². The van der Waals surface area contributed by atoms with Crippen molar-refractivity contribution in [1.82, 2.24) is 0 Å². The van der Waals surface area contributed by atoms with E-state index in [1.54, 1.807) is 0 Å². The minimum atomic E-state index is 0.435. The van der Waals surface area contributed by atoms with Crippen molar-refractivity contribution < 1.29 is 0 Å². The topological polar surface area (TPSA) is 12.4 Å². The van der Waals surface area contributed by atoms with Gasteiger partial charge < -0.3 is 0 Å². The fourth-order valence-electron chi connectivity index (χ4n) is 1.08. The largest absolute Gasteiger partial charge is 0.282 e. The first-order valence-corrected chi connectivity index (χ1v) is 3.35. The molecule has 1 aliphatic rings. The van der Waals surface area contributed by atoms with Gasteiger partial charge in [-0.3, -0.25) is 4.99 Å². The van der Waals surface area contributed by atoms with Crippen LogP contribution in [0.1, 0.15) is 27.7 Å². The number of aliphatic imine (C=N–C) groups is 1. The third-order valence-electron chi connectivity index (χ3n) is 2.15. The zero-order chi connectivity index (χ0) is 7.02. The molecule has 0 N–H and O–H groups in total. The minimum absolute atomic E-state index is 0.435. The summed E-state index contributed by atoms with van der Waals surface area (Å²) in [5.74, 6) is 0. The van der Waals surface area contributed by atoms with Crippen LogP contribution in [0.4, 0.5) is 0 Å². The SMILES string of the molecule is CC1=NC(C)C(C)=C1C. The molecule has 0 aromatic carbocycles. The zero-order valence-electron chi connectivity index (χ0n) is 6.52. The Morgan fingerprint density at radius 3 is 1.89 bits per heavy atom. The van der Waals surface area contributed by atoms with Crippen LogP contribution in [0, 0.1) is 0 Å². The molecule has 1 unspecified atom stereocenters. The molecule has 0 saturated heterocycles. The molecule has 0 bridgehead atoms. The van der Waals surface area contributed by atoms with Crippen molar-refractivity contribution in [1.29, 1.82) is 0 Å². The maximum Gasteiger partial charge on any atom is 0.0687 e. The maximum atomic E-state index is 4.39. The van der Waals surface area contributed by atoms with Crippen LogP contribution in [0.25, 0.3) is 0 Å². The molecule has 9 heavy (non-hydrogen) atoms. The predicted octanol–water partition coefficient (Wildman–Crippen LogP) is 2.19. The summed E-state index contributed by atoms with van der Waals surface area (Å²) in [6.45, 7) is 8.50. The molecule has 0 aromatic rings. The summed E-state index contributed by atoms with van der Waals surface area (Å²) in [4.78, 5) is 4.39. The fraction of sp³-hybridized carbons (Fsp3) is 0.625. The molecule has 1 atom stereocenters. The van der Waals surface area contributed by atoms with Crippen LogP contribution >= 0.6 is 0 Å². The average molecular weight is 123 g/mol. The van der Waals surface area contributed by atoms with E-state index in [-0.39, 0.29) is 0 Å². The van der Waals surface area contributed by atoms with Gasteiger partial charge in [0.1, 0.15) is 0 Å². The molecule has 1 heterocycles. The molecule has 50 valence electrons. The van der Waals surface area contributed by atoms with Crippen LogP contribution in [0.2, 0.25) is 0 Å². The van der Waals surface area contributed by atoms with Crippen molar-refractivity contribution in [3.63, 3.8) is 0 Å². The van der Waals surface area contributed by atoms with E-state index < -0.39 is 0 Å². The summed E-state index contributed by atoms with van der Waals surface area (Å²) >= 11 is 0. The Hall–Kier alpha value is -0.590. The van der Waals surface area contributed by atoms with Crippen LogP contribution in [0.5, 0.6) is 0 Å². The standard InChI is InChI=1S/C8H13N/c1-5-6(2)8(4)9-7(5)3/h7H,1-4H3. The minimum Gasteiger partial charge on any atom is -0.282 e. The Balaban J connectivity index is 2.97. The van der Waals surface area contributed by atoms with Crippen LogP contribution in [-0.4, -0.2) is 11.8 Å². The quantitative estimate of drug-likeness (QED) is 0.468. The highest BCUT2D eigenvalue weighted by molar-refractivity contribution is 6.00. The van der Waals surface area contributed by atoms with E-state index in [0.29, 0.717) is 6.04 Å². The first kappa shape index (κ1) is 6.53. The Morgan fingerprint density at radius 2 is 1.78 bits per heavy atom. The first-order chi connectivity index (χ1) is 4.13. The third-order valence-corrected chi connectivity index (χ3v) is 2.15. The van der Waals surface area contributed by atoms with E-state index in [1.165, 1.54) is 16.9 Å². The average Bonchev–Trinajstić information content (AvgIpc) is 1.98. The van der Waals surface area contributed by atoms with Gasteiger partial charge in [0.15, 0.2) is 0 Å². The third kappa shape index (κ3) is 0.913. The van der Waals surface area contributed by atoms with Crippen molar-refractivity contribution in [3.8, 4) is 0 Å². The molecule has 1 nitrogen and oxygen atoms in total. The van der Waals surface area contributed by atoms with E-state index in [0.717, 1.165) is 0 Å². The molecule has 0 fully saturated rings. The zero-order valence-corrected chi connectivity index (χ0v) is 6.52. The molecule has 0 amide bonds. The van der Waals surface area contributed by atoms with E-state index >= 15 is 0 Å². The maximum absolute atomic E-state index is 4.39. The summed E-state index contributed by atoms with van der Waals surface area (Å²) in [6, 6.07) is 0.435. The molecule has 0 aromatic heterocycles. The monoisotopic (exact) mass is 123 g/mol. The van der Waals surface area contributed by atoms with Gasteiger partial charge in [-0.2, -0.15) is 0 Å². The second-order valence-electron chi connectivity index (χ2n) is 2.70. The molecule has 0 aliphatic carbocycles. The molecule has 0 spiro atoms. The summed E-state index contributed by atoms with van der Waals surface area (Å²) in [7, 11) is 0. The van der Waals surface area contributed by atoms with Gasteiger partial charge in [0.2, 0.25) is 0 Å². The van der Waals surface area contributed by atoms with E-state index in [9.17, 15) is 0 Å². The van der Waals surface area contributed by atoms with E-state index in [2.05, 4.69) is 32.7 Å². The Labute approximate surface area is 56.5 Å². The number of nitrogens with zero attached hydrogens (tertiary/aromatic N) is 1. The molecular weight excluding hydrogens is 110 g/mol. The number of allylic oxidation sites excluding steroid dienone is 1. The molecule has 1 rings (SSSR count). The molecular formula is C8H13N. The summed E-state index contributed by atoms with van der Waals surface area (Å²) in [5, 5.41) is 0. The van der Waals surface area contributed by atoms with Gasteiger partial charge in [-0.25, -0.2) is 0 Å². The van der Waals surface area contributed by atoms with Crippen molar-refractivity contribution in [2.75, 3.05) is 0 Å². The molecule has 0 radical (unpaired) electrons. The summed E-state index contributed by atoms with van der Waals surface area (Å²) < 4.78 is 0. The summed E-state index contributed by atoms with van der Waals surface area (Å²) in [6.07, 6.45) is 0. The van der Waals surface area contributed by atoms with E-state index in [1.807, 2.05) is 0 Å². The van der Waals surface area contributed by atoms with Gasteiger partial charge in [-0.05, 0) is 38.8 Å². The van der Waals surface area contributed by atoms with Gasteiger partial charge in [-0.15, -0.1) is 0 Å². The van der Waals surface area contributed by atoms with Crippen LogP contribution in [0.15, 0.2) is 16.1 Å². The van der Waals surface area contributed by atoms with Gasteiger partial charge in [0.05, 0.1) is 6.04 Å². The lowest BCUT2D eigenvalue weighted by Gasteiger charge is -1.98. The lowest BCUT2D eigenvalue weighted by molar-refractivity contribution is 0.880. The van der Waals surface area contributed by atoms with Gasteiger partial charge in [0.25, 0.3) is 0 Å². The Bertz CT molecular complexity index is 187. The second kappa shape index (κ2) is 1.98. The van der Waals surface area contributed by atoms with Crippen molar-refractivity contribution in [3.05, 3.63) is 11.1 Å². The Morgan fingerprint density at radius 1 is 1.22 bits per heavy atom. The van der Waals surface area contributed by atoms with Gasteiger partial charge in [0, 0.05) is 5.71 Å². The Kier molecular flexibility index (Phi) is 1.43. The van der Waals surface area contributed by atoms with Crippen molar-refractivity contribution >= 4 is 5.71 Å². The number of hydrogen-bond donors (Lipinski definition) is 0. The van der Waals surface area contributed by atoms with Crippen molar-refractivity contribution in [2.45, 2.75) is 33.7 Å². The number of rotatable bonds is 0. The fourth-order valence-corrected chi connectivity index (χ4v) is 1.08.